The van der Waals surface area contributed by atoms with Crippen LogP contribution in [-0.2, 0) is 0 Å². The minimum atomic E-state index is -1.15. The van der Waals surface area contributed by atoms with Gasteiger partial charge in [-0.2, -0.15) is 0 Å². The Morgan fingerprint density at radius 3 is 2.58 bits per heavy atom. The van der Waals surface area contributed by atoms with E-state index in [1.54, 1.807) is 0 Å². The molecule has 60 valence electrons. The molecule has 0 saturated carbocycles. The average molecular weight is 166 g/mol. The fraction of sp³-hybridized carbons (Fsp3) is 0. The molecule has 1 rings (SSSR count). The van der Waals surface area contributed by atoms with E-state index in [0.29, 0.717) is 6.29 Å². The Hall–Kier alpha value is -1.69. The molecule has 1 aromatic rings. The number of terminal acetylenes is 1. The number of rotatable bonds is 1. The molecule has 0 heterocycles. The highest BCUT2D eigenvalue weighted by Gasteiger charge is 2.10. The van der Waals surface area contributed by atoms with Crippen LogP contribution in [0.5, 0.6) is 0 Å². The lowest BCUT2D eigenvalue weighted by Crippen LogP contribution is -1.95. The quantitative estimate of drug-likeness (QED) is 0.459. The molecule has 12 heavy (non-hydrogen) atoms. The van der Waals surface area contributed by atoms with Gasteiger partial charge in [0, 0.05) is 5.56 Å². The van der Waals surface area contributed by atoms with E-state index in [-0.39, 0.29) is 11.1 Å². The summed E-state index contributed by atoms with van der Waals surface area (Å²) in [5, 5.41) is 0. The van der Waals surface area contributed by atoms with Crippen molar-refractivity contribution >= 4 is 6.29 Å². The number of carbonyl (C=O) groups is 1. The van der Waals surface area contributed by atoms with Gasteiger partial charge < -0.3 is 0 Å². The third kappa shape index (κ3) is 1.19. The van der Waals surface area contributed by atoms with Crippen molar-refractivity contribution in [1.29, 1.82) is 0 Å². The van der Waals surface area contributed by atoms with Crippen LogP contribution in [0.1, 0.15) is 15.9 Å². The maximum absolute atomic E-state index is 12.8. The van der Waals surface area contributed by atoms with E-state index in [1.807, 2.05) is 5.92 Å². The number of aldehydes is 1. The maximum Gasteiger partial charge on any atom is 0.175 e. The van der Waals surface area contributed by atoms with Crippen LogP contribution in [0.2, 0.25) is 0 Å². The summed E-state index contributed by atoms with van der Waals surface area (Å²) in [6.07, 6.45) is 5.27. The lowest BCUT2D eigenvalue weighted by molar-refractivity contribution is 0.112. The van der Waals surface area contributed by atoms with Crippen molar-refractivity contribution in [1.82, 2.24) is 0 Å². The van der Waals surface area contributed by atoms with Gasteiger partial charge in [0.15, 0.2) is 17.9 Å². The molecular formula is C9H4F2O. The SMILES string of the molecule is C#Cc1c(C=O)ccc(F)c1F. The molecule has 0 aliphatic rings. The van der Waals surface area contributed by atoms with Gasteiger partial charge >= 0.3 is 0 Å². The smallest absolute Gasteiger partial charge is 0.175 e. The molecule has 0 fully saturated rings. The summed E-state index contributed by atoms with van der Waals surface area (Å²) in [5.41, 5.74) is -0.346. The molecule has 0 aromatic heterocycles. The van der Waals surface area contributed by atoms with Gasteiger partial charge in [0.05, 0.1) is 5.56 Å². The van der Waals surface area contributed by atoms with Gasteiger partial charge in [-0.05, 0) is 12.1 Å². The van der Waals surface area contributed by atoms with Crippen LogP contribution in [0.15, 0.2) is 12.1 Å². The Balaban J connectivity index is 3.48. The van der Waals surface area contributed by atoms with E-state index in [4.69, 9.17) is 6.42 Å². The molecule has 0 saturated heterocycles. The molecule has 0 radical (unpaired) electrons. The zero-order valence-corrected chi connectivity index (χ0v) is 5.97. The van der Waals surface area contributed by atoms with Crippen LogP contribution in [-0.4, -0.2) is 6.29 Å². The predicted octanol–water partition coefficient (Wildman–Crippen LogP) is 1.76. The normalized spacial score (nSPS) is 9.08. The highest BCUT2D eigenvalue weighted by atomic mass is 19.2. The number of hydrogen-bond acceptors (Lipinski definition) is 1. The van der Waals surface area contributed by atoms with Crippen LogP contribution in [0.4, 0.5) is 8.78 Å². The third-order valence-electron chi connectivity index (χ3n) is 1.40. The van der Waals surface area contributed by atoms with Crippen LogP contribution in [0.3, 0.4) is 0 Å². The van der Waals surface area contributed by atoms with E-state index in [9.17, 15) is 13.6 Å². The summed E-state index contributed by atoms with van der Waals surface area (Å²) in [6.45, 7) is 0. The molecule has 0 aliphatic heterocycles. The van der Waals surface area contributed by atoms with Crippen molar-refractivity contribution in [2.75, 3.05) is 0 Å². The summed E-state index contributed by atoms with van der Waals surface area (Å²) in [5.74, 6) is -0.289. The van der Waals surface area contributed by atoms with Crippen molar-refractivity contribution in [2.45, 2.75) is 0 Å². The highest BCUT2D eigenvalue weighted by Crippen LogP contribution is 2.13. The topological polar surface area (TPSA) is 17.1 Å². The van der Waals surface area contributed by atoms with Gasteiger partial charge in [0.25, 0.3) is 0 Å². The summed E-state index contributed by atoms with van der Waals surface area (Å²) in [4.78, 5) is 10.3. The molecule has 0 spiro atoms. The van der Waals surface area contributed by atoms with Crippen molar-refractivity contribution < 1.29 is 13.6 Å². The minimum absolute atomic E-state index is 0.0172. The first-order valence-corrected chi connectivity index (χ1v) is 3.10. The van der Waals surface area contributed by atoms with E-state index >= 15 is 0 Å². The fourth-order valence-electron chi connectivity index (χ4n) is 0.810. The van der Waals surface area contributed by atoms with Gasteiger partial charge in [-0.15, -0.1) is 6.42 Å². The first kappa shape index (κ1) is 8.41. The molecule has 0 bridgehead atoms. The minimum Gasteiger partial charge on any atom is -0.298 e. The van der Waals surface area contributed by atoms with Crippen molar-refractivity contribution in [3.8, 4) is 12.3 Å². The Kier molecular flexibility index (Phi) is 2.20. The maximum atomic E-state index is 12.8. The fourth-order valence-corrected chi connectivity index (χ4v) is 0.810. The van der Waals surface area contributed by atoms with Gasteiger partial charge in [0.1, 0.15) is 0 Å². The summed E-state index contributed by atoms with van der Waals surface area (Å²) in [6, 6.07) is 2.00. The van der Waals surface area contributed by atoms with E-state index in [1.165, 1.54) is 0 Å². The van der Waals surface area contributed by atoms with Gasteiger partial charge in [0.2, 0.25) is 0 Å². The van der Waals surface area contributed by atoms with Crippen LogP contribution >= 0.6 is 0 Å². The van der Waals surface area contributed by atoms with Crippen LogP contribution in [0, 0.1) is 24.0 Å². The number of benzene rings is 1. The zero-order chi connectivity index (χ0) is 9.14. The Morgan fingerprint density at radius 1 is 1.42 bits per heavy atom. The second-order valence-electron chi connectivity index (χ2n) is 2.09. The average Bonchev–Trinajstić information content (AvgIpc) is 2.09. The monoisotopic (exact) mass is 166 g/mol. The summed E-state index contributed by atoms with van der Waals surface area (Å²) < 4.78 is 25.3. The molecule has 0 N–H and O–H groups in total. The van der Waals surface area contributed by atoms with Gasteiger partial charge in [-0.1, -0.05) is 5.92 Å². The second-order valence-corrected chi connectivity index (χ2v) is 2.09. The number of carbonyl (C=O) groups excluding carboxylic acids is 1. The largest absolute Gasteiger partial charge is 0.298 e. The Labute approximate surface area is 68.0 Å². The molecule has 0 amide bonds. The van der Waals surface area contributed by atoms with Gasteiger partial charge in [-0.3, -0.25) is 4.79 Å². The van der Waals surface area contributed by atoms with Crippen molar-refractivity contribution in [3.63, 3.8) is 0 Å². The van der Waals surface area contributed by atoms with Crippen molar-refractivity contribution in [2.24, 2.45) is 0 Å². The molecule has 3 heteroatoms. The first-order valence-electron chi connectivity index (χ1n) is 3.10. The molecule has 1 nitrogen and oxygen atoms in total. The van der Waals surface area contributed by atoms with Crippen LogP contribution < -0.4 is 0 Å². The summed E-state index contributed by atoms with van der Waals surface area (Å²) >= 11 is 0. The van der Waals surface area contributed by atoms with Crippen molar-refractivity contribution in [3.05, 3.63) is 34.9 Å². The van der Waals surface area contributed by atoms with E-state index < -0.39 is 11.6 Å². The molecule has 1 aromatic carbocycles. The van der Waals surface area contributed by atoms with E-state index in [0.717, 1.165) is 12.1 Å². The molecule has 0 atom stereocenters. The summed E-state index contributed by atoms with van der Waals surface area (Å²) in [7, 11) is 0. The molecular weight excluding hydrogens is 162 g/mol. The Morgan fingerprint density at radius 2 is 2.08 bits per heavy atom. The number of hydrogen-bond donors (Lipinski definition) is 0. The van der Waals surface area contributed by atoms with Gasteiger partial charge in [-0.25, -0.2) is 8.78 Å². The molecule has 0 aliphatic carbocycles. The predicted molar refractivity (Wildman–Crippen MR) is 39.7 cm³/mol. The standard InChI is InChI=1S/C9H4F2O/c1-2-7-6(5-12)3-4-8(10)9(7)11/h1,3-5H. The van der Waals surface area contributed by atoms with Crippen LogP contribution in [0.25, 0.3) is 0 Å². The second kappa shape index (κ2) is 3.14. The lowest BCUT2D eigenvalue weighted by atomic mass is 10.1. The Bertz CT molecular complexity index is 364. The molecule has 0 unspecified atom stereocenters. The number of halogens is 2. The lowest BCUT2D eigenvalue weighted by Gasteiger charge is -1.98. The van der Waals surface area contributed by atoms with E-state index in [2.05, 4.69) is 0 Å². The third-order valence-corrected chi connectivity index (χ3v) is 1.40. The highest BCUT2D eigenvalue weighted by molar-refractivity contribution is 5.79. The zero-order valence-electron chi connectivity index (χ0n) is 5.97. The first-order chi connectivity index (χ1) is 5.70.